The third-order valence-electron chi connectivity index (χ3n) is 5.25. The molecular weight excluding hydrogens is 402 g/mol. The average Bonchev–Trinajstić information content (AvgIpc) is 3.38. The van der Waals surface area contributed by atoms with E-state index in [0.29, 0.717) is 17.8 Å². The Kier molecular flexibility index (Phi) is 6.00. The molecule has 1 fully saturated rings. The summed E-state index contributed by atoms with van der Waals surface area (Å²) in [6.45, 7) is 1.74. The maximum absolute atomic E-state index is 5.98. The monoisotopic (exact) mass is 425 g/mol. The Morgan fingerprint density at radius 2 is 1.81 bits per heavy atom. The molecule has 27 heavy (non-hydrogen) atoms. The molecule has 5 heteroatoms. The van der Waals surface area contributed by atoms with Crippen molar-refractivity contribution in [3.63, 3.8) is 0 Å². The molecule has 1 aliphatic rings. The first-order chi connectivity index (χ1) is 13.3. The van der Waals surface area contributed by atoms with Crippen LogP contribution in [0, 0.1) is 0 Å². The molecule has 4 nitrogen and oxygen atoms in total. The summed E-state index contributed by atoms with van der Waals surface area (Å²) in [5.74, 6) is 1.28. The van der Waals surface area contributed by atoms with Crippen molar-refractivity contribution in [3.8, 4) is 11.5 Å². The van der Waals surface area contributed by atoms with Gasteiger partial charge < -0.3 is 4.42 Å². The molecule has 1 heterocycles. The maximum atomic E-state index is 5.98. The van der Waals surface area contributed by atoms with Crippen LogP contribution in [0.1, 0.15) is 37.1 Å². The quantitative estimate of drug-likeness (QED) is 0.501. The Bertz CT molecular complexity index is 859. The molecular formula is C22H24BrN3O. The van der Waals surface area contributed by atoms with E-state index in [0.717, 1.165) is 29.5 Å². The molecule has 140 valence electrons. The van der Waals surface area contributed by atoms with Crippen molar-refractivity contribution in [2.24, 2.45) is 0 Å². The van der Waals surface area contributed by atoms with E-state index in [4.69, 9.17) is 4.42 Å². The van der Waals surface area contributed by atoms with E-state index in [1.54, 1.807) is 0 Å². The van der Waals surface area contributed by atoms with Gasteiger partial charge in [-0.1, -0.05) is 65.2 Å². The first-order valence-corrected chi connectivity index (χ1v) is 10.4. The Labute approximate surface area is 168 Å². The molecule has 0 spiro atoms. The van der Waals surface area contributed by atoms with E-state index in [1.807, 2.05) is 24.3 Å². The van der Waals surface area contributed by atoms with E-state index < -0.39 is 0 Å². The predicted molar refractivity (Wildman–Crippen MR) is 110 cm³/mol. The Morgan fingerprint density at radius 3 is 2.59 bits per heavy atom. The van der Waals surface area contributed by atoms with Crippen molar-refractivity contribution in [1.82, 2.24) is 15.1 Å². The summed E-state index contributed by atoms with van der Waals surface area (Å²) in [7, 11) is 0. The van der Waals surface area contributed by atoms with Gasteiger partial charge >= 0.3 is 0 Å². The molecule has 4 rings (SSSR count). The fourth-order valence-electron chi connectivity index (χ4n) is 3.81. The highest BCUT2D eigenvalue weighted by molar-refractivity contribution is 9.10. The summed E-state index contributed by atoms with van der Waals surface area (Å²) in [6, 6.07) is 19.3. The number of benzene rings is 2. The topological polar surface area (TPSA) is 42.2 Å². The number of nitrogens with zero attached hydrogens (tertiary/aromatic N) is 3. The molecule has 1 aliphatic carbocycles. The van der Waals surface area contributed by atoms with E-state index in [9.17, 15) is 0 Å². The summed E-state index contributed by atoms with van der Waals surface area (Å²) in [5, 5.41) is 8.58. The van der Waals surface area contributed by atoms with Gasteiger partial charge in [0.1, 0.15) is 0 Å². The second-order valence-corrected chi connectivity index (χ2v) is 8.07. The molecule has 0 amide bonds. The van der Waals surface area contributed by atoms with E-state index in [2.05, 4.69) is 61.4 Å². The lowest BCUT2D eigenvalue weighted by molar-refractivity contribution is 0.175. The van der Waals surface area contributed by atoms with Crippen LogP contribution in [-0.4, -0.2) is 27.7 Å². The van der Waals surface area contributed by atoms with Crippen LogP contribution in [0.25, 0.3) is 11.5 Å². The largest absolute Gasteiger partial charge is 0.419 e. The summed E-state index contributed by atoms with van der Waals surface area (Å²) < 4.78 is 6.99. The highest BCUT2D eigenvalue weighted by Gasteiger charge is 2.24. The number of hydrogen-bond acceptors (Lipinski definition) is 4. The van der Waals surface area contributed by atoms with Gasteiger partial charge in [-0.15, -0.1) is 10.2 Å². The predicted octanol–water partition coefficient (Wildman–Crippen LogP) is 5.49. The van der Waals surface area contributed by atoms with Gasteiger partial charge in [-0.25, -0.2) is 0 Å². The average molecular weight is 426 g/mol. The highest BCUT2D eigenvalue weighted by atomic mass is 79.9. The van der Waals surface area contributed by atoms with Crippen LogP contribution in [0.3, 0.4) is 0 Å². The van der Waals surface area contributed by atoms with Gasteiger partial charge in [-0.05, 0) is 43.0 Å². The summed E-state index contributed by atoms with van der Waals surface area (Å²) in [5.41, 5.74) is 2.32. The van der Waals surface area contributed by atoms with Gasteiger partial charge in [0.25, 0.3) is 0 Å². The van der Waals surface area contributed by atoms with Crippen LogP contribution >= 0.6 is 15.9 Å². The summed E-state index contributed by atoms with van der Waals surface area (Å²) in [6.07, 6.45) is 6.21. The Balaban J connectivity index is 1.46. The lowest BCUT2D eigenvalue weighted by Gasteiger charge is -2.27. The van der Waals surface area contributed by atoms with Crippen molar-refractivity contribution in [2.45, 2.75) is 44.7 Å². The lowest BCUT2D eigenvalue weighted by Crippen LogP contribution is -2.34. The third-order valence-corrected chi connectivity index (χ3v) is 5.74. The van der Waals surface area contributed by atoms with Gasteiger partial charge in [-0.3, -0.25) is 4.90 Å². The lowest BCUT2D eigenvalue weighted by atomic mass is 10.1. The summed E-state index contributed by atoms with van der Waals surface area (Å²) in [4.78, 5) is 2.53. The standard InChI is InChI=1S/C22H24BrN3O/c23-19-10-6-9-18(15-19)22-25-24-21(27-22)16-26(20-11-4-5-12-20)14-13-17-7-2-1-3-8-17/h1-3,6-10,15,20H,4-5,11-14,16H2. The Morgan fingerprint density at radius 1 is 1.00 bits per heavy atom. The van der Waals surface area contributed by atoms with Crippen LogP contribution in [0.5, 0.6) is 0 Å². The molecule has 2 aromatic carbocycles. The van der Waals surface area contributed by atoms with Gasteiger partial charge in [0, 0.05) is 22.6 Å². The van der Waals surface area contributed by atoms with Gasteiger partial charge in [0.2, 0.25) is 11.8 Å². The maximum Gasteiger partial charge on any atom is 0.247 e. The van der Waals surface area contributed by atoms with Gasteiger partial charge in [0.15, 0.2) is 0 Å². The highest BCUT2D eigenvalue weighted by Crippen LogP contribution is 2.26. The minimum Gasteiger partial charge on any atom is -0.419 e. The van der Waals surface area contributed by atoms with Crippen LogP contribution in [0.2, 0.25) is 0 Å². The molecule has 1 saturated carbocycles. The van der Waals surface area contributed by atoms with Crippen molar-refractivity contribution >= 4 is 15.9 Å². The van der Waals surface area contributed by atoms with Crippen LogP contribution in [-0.2, 0) is 13.0 Å². The van der Waals surface area contributed by atoms with E-state index in [1.165, 1.54) is 31.2 Å². The molecule has 0 N–H and O–H groups in total. The second-order valence-electron chi connectivity index (χ2n) is 7.16. The molecule has 0 radical (unpaired) electrons. The minimum atomic E-state index is 0.584. The first-order valence-electron chi connectivity index (χ1n) is 9.64. The fourth-order valence-corrected chi connectivity index (χ4v) is 4.21. The van der Waals surface area contributed by atoms with E-state index >= 15 is 0 Å². The zero-order valence-corrected chi connectivity index (χ0v) is 16.9. The van der Waals surface area contributed by atoms with Crippen LogP contribution in [0.15, 0.2) is 63.5 Å². The molecule has 0 bridgehead atoms. The van der Waals surface area contributed by atoms with Crippen molar-refractivity contribution in [2.75, 3.05) is 6.54 Å². The van der Waals surface area contributed by atoms with Crippen molar-refractivity contribution in [1.29, 1.82) is 0 Å². The van der Waals surface area contributed by atoms with E-state index in [-0.39, 0.29) is 0 Å². The second kappa shape index (κ2) is 8.81. The normalized spacial score (nSPS) is 14.9. The zero-order valence-electron chi connectivity index (χ0n) is 15.4. The SMILES string of the molecule is Brc1cccc(-c2nnc(CN(CCc3ccccc3)C3CCCC3)o2)c1. The fraction of sp³-hybridized carbons (Fsp3) is 0.364. The number of hydrogen-bond donors (Lipinski definition) is 0. The van der Waals surface area contributed by atoms with Crippen molar-refractivity contribution in [3.05, 3.63) is 70.5 Å². The summed E-state index contributed by atoms with van der Waals surface area (Å²) >= 11 is 3.50. The molecule has 0 saturated heterocycles. The van der Waals surface area contributed by atoms with Gasteiger partial charge in [-0.2, -0.15) is 0 Å². The van der Waals surface area contributed by atoms with Gasteiger partial charge in [0.05, 0.1) is 6.54 Å². The molecule has 0 aliphatic heterocycles. The molecule has 0 atom stereocenters. The van der Waals surface area contributed by atoms with Crippen molar-refractivity contribution < 1.29 is 4.42 Å². The number of aromatic nitrogens is 2. The molecule has 0 unspecified atom stereocenters. The number of rotatable bonds is 7. The number of halogens is 1. The van der Waals surface area contributed by atoms with Crippen LogP contribution < -0.4 is 0 Å². The smallest absolute Gasteiger partial charge is 0.247 e. The third kappa shape index (κ3) is 4.85. The molecule has 1 aromatic heterocycles. The minimum absolute atomic E-state index is 0.584. The van der Waals surface area contributed by atoms with Crippen LogP contribution in [0.4, 0.5) is 0 Å². The first kappa shape index (κ1) is 18.4. The molecule has 3 aromatic rings. The Hall–Kier alpha value is -1.98. The zero-order chi connectivity index (χ0) is 18.5.